The predicted molar refractivity (Wildman–Crippen MR) is 226 cm³/mol. The van der Waals surface area contributed by atoms with Crippen molar-refractivity contribution in [2.24, 2.45) is 0 Å². The molecule has 0 aromatic carbocycles. The van der Waals surface area contributed by atoms with Crippen LogP contribution in [0.1, 0.15) is 38.1 Å². The van der Waals surface area contributed by atoms with E-state index in [1.54, 1.807) is 0 Å². The van der Waals surface area contributed by atoms with Crippen LogP contribution in [-0.2, 0) is 83.4 Å². The van der Waals surface area contributed by atoms with Gasteiger partial charge in [0.25, 0.3) is 11.6 Å². The number of aliphatic hydroxyl groups is 12. The van der Waals surface area contributed by atoms with E-state index in [0.29, 0.717) is 0 Å². The lowest BCUT2D eigenvalue weighted by Crippen LogP contribution is -2.70. The van der Waals surface area contributed by atoms with E-state index < -0.39 is 210 Å². The fraction of sp³-hybridized carbons (Fsp3) is 0.800. The summed E-state index contributed by atoms with van der Waals surface area (Å²) in [5, 5.41) is 172. The van der Waals surface area contributed by atoms with Gasteiger partial charge < -0.3 is 120 Å². The maximum atomic E-state index is 13.1. The summed E-state index contributed by atoms with van der Waals surface area (Å²) in [5.74, 6) is -11.5. The fourth-order valence-corrected chi connectivity index (χ4v) is 9.29. The molecule has 2 aromatic rings. The van der Waals surface area contributed by atoms with Crippen LogP contribution in [-0.4, -0.2) is 272 Å². The maximum absolute atomic E-state index is 13.1. The third-order valence-electron chi connectivity index (χ3n) is 13.0. The van der Waals surface area contributed by atoms with Gasteiger partial charge in [-0.05, 0) is 0 Å². The summed E-state index contributed by atoms with van der Waals surface area (Å²) in [4.78, 5) is 50.3. The summed E-state index contributed by atoms with van der Waals surface area (Å²) < 4.78 is 49.0. The van der Waals surface area contributed by atoms with Gasteiger partial charge in [0.05, 0.1) is 76.2 Å². The molecule has 34 heteroatoms. The average molecular weight is 1070 g/mol. The molecule has 5 aliphatic rings. The number of rotatable bonds is 14. The number of aliphatic carboxylic acids is 2. The van der Waals surface area contributed by atoms with E-state index in [4.69, 9.17) is 37.9 Å². The zero-order valence-corrected chi connectivity index (χ0v) is 39.2. The first kappa shape index (κ1) is 57.1. The summed E-state index contributed by atoms with van der Waals surface area (Å²) in [5.41, 5.74) is -0.0357. The second-order valence-corrected chi connectivity index (χ2v) is 18.5. The first-order chi connectivity index (χ1) is 34.9. The first-order valence-corrected chi connectivity index (χ1v) is 23.0. The number of hydrogen-bond donors (Lipinski definition) is 16. The quantitative estimate of drug-likeness (QED) is 0.0835. The van der Waals surface area contributed by atoms with E-state index >= 15 is 0 Å². The highest BCUT2D eigenvalue weighted by atomic mass is 16.8. The molecule has 5 aliphatic heterocycles. The number of nitrogens with zero attached hydrogens (tertiary/aromatic N) is 6. The molecule has 0 saturated carbocycles. The highest BCUT2D eigenvalue weighted by Crippen LogP contribution is 2.40. The van der Waals surface area contributed by atoms with Crippen molar-refractivity contribution in [2.75, 3.05) is 13.2 Å². The summed E-state index contributed by atoms with van der Waals surface area (Å²) in [7, 11) is 0. The van der Waals surface area contributed by atoms with E-state index in [1.807, 2.05) is 0 Å². The molecule has 8 bridgehead atoms. The second kappa shape index (κ2) is 23.3. The van der Waals surface area contributed by atoms with Gasteiger partial charge in [0.2, 0.25) is 11.8 Å². The number of aromatic nitrogens is 6. The number of nitrogens with one attached hydrogen (secondary N) is 2. The lowest BCUT2D eigenvalue weighted by atomic mass is 9.88. The second-order valence-electron chi connectivity index (χ2n) is 18.5. The van der Waals surface area contributed by atoms with Gasteiger partial charge in [0.1, 0.15) is 96.8 Å². The molecule has 0 spiro atoms. The highest BCUT2D eigenvalue weighted by Gasteiger charge is 2.61. The van der Waals surface area contributed by atoms with Gasteiger partial charge in [-0.1, -0.05) is 10.4 Å². The van der Waals surface area contributed by atoms with Gasteiger partial charge in [0.15, 0.2) is 12.6 Å². The van der Waals surface area contributed by atoms with Gasteiger partial charge >= 0.3 is 11.9 Å². The van der Waals surface area contributed by atoms with Crippen LogP contribution < -0.4 is 10.6 Å². The number of carboxylic acid groups (broad SMARTS) is 2. The van der Waals surface area contributed by atoms with Gasteiger partial charge in [-0.3, -0.25) is 9.59 Å². The van der Waals surface area contributed by atoms with Crippen molar-refractivity contribution in [2.45, 2.75) is 187 Å². The van der Waals surface area contributed by atoms with Gasteiger partial charge in [-0.25, -0.2) is 19.0 Å². The predicted octanol–water partition coefficient (Wildman–Crippen LogP) is -10.4. The Hall–Kier alpha value is -4.64. The van der Waals surface area contributed by atoms with Crippen molar-refractivity contribution >= 4 is 23.8 Å². The fourth-order valence-electron chi connectivity index (χ4n) is 9.29. The van der Waals surface area contributed by atoms with Crippen LogP contribution in [0.2, 0.25) is 0 Å². The molecule has 416 valence electrons. The molecule has 34 nitrogen and oxygen atoms in total. The standard InChI is InChI=1S/C40H60N8O26/c1-13(51)41-23-17(53)3-39(37(63)64,71-31(23)25(57)19(55)9-49)73-33-27(59)21-7-47-5-16(44-45-47)12-68-36-30(62)34(28(60)22(70-36)8-48-6-15(43-46-48)11-67-35(69-21)29(33)61)74-40(38(65)66)4-18(54)24(42-14(2)52)32(72-40)26(58)20(56)10-50/h5-6,17-36,49-50,53-62H,3-4,7-12H2,1-2H3,(H,41,51)(H,42,52)(H,63,64)(H,65,66)/t17-,18-,19+,20+,21+,22+,23+,24+,25+,26+,27-,28-,29+,30+,31+,32+,33-,34-,35+,36+,39-,40-/m0/s1. The molecule has 2 aromatic heterocycles. The molecule has 7 rings (SSSR count). The van der Waals surface area contributed by atoms with Gasteiger partial charge in [-0.15, -0.1) is 10.2 Å². The van der Waals surface area contributed by atoms with Crippen LogP contribution in [0.15, 0.2) is 12.4 Å². The van der Waals surface area contributed by atoms with Crippen LogP contribution in [0.4, 0.5) is 0 Å². The van der Waals surface area contributed by atoms with Gasteiger partial charge in [-0.2, -0.15) is 0 Å². The average Bonchev–Trinajstić information content (AvgIpc) is 4.01. The summed E-state index contributed by atoms with van der Waals surface area (Å²) >= 11 is 0. The van der Waals surface area contributed by atoms with Crippen molar-refractivity contribution in [3.8, 4) is 0 Å². The molecule has 22 atom stereocenters. The third-order valence-corrected chi connectivity index (χ3v) is 13.0. The molecule has 2 amide bonds. The molecular formula is C40H60N8O26. The number of carbonyl (C=O) groups is 4. The monoisotopic (exact) mass is 1070 g/mol. The third kappa shape index (κ3) is 12.0. The molecule has 4 fully saturated rings. The molecule has 0 unspecified atom stereocenters. The molecule has 0 radical (unpaired) electrons. The number of carbonyl (C=O) groups excluding carboxylic acids is 2. The topological polar surface area (TPSA) is 511 Å². The smallest absolute Gasteiger partial charge is 0.364 e. The lowest BCUT2D eigenvalue weighted by molar-refractivity contribution is -0.370. The first-order valence-electron chi connectivity index (χ1n) is 23.0. The van der Waals surface area contributed by atoms with E-state index in [9.17, 15) is 90.7 Å². The molecule has 0 aliphatic carbocycles. The Morgan fingerprint density at radius 2 is 1.01 bits per heavy atom. The van der Waals surface area contributed by atoms with Crippen molar-refractivity contribution < 1.29 is 129 Å². The van der Waals surface area contributed by atoms with E-state index in [2.05, 4.69) is 31.3 Å². The number of aliphatic hydroxyl groups excluding tert-OH is 12. The van der Waals surface area contributed by atoms with Crippen molar-refractivity contribution in [1.82, 2.24) is 40.6 Å². The summed E-state index contributed by atoms with van der Waals surface area (Å²) in [6.45, 7) is -2.15. The van der Waals surface area contributed by atoms with E-state index in [1.165, 1.54) is 12.4 Å². The molecular weight excluding hydrogens is 1010 g/mol. The Balaban J connectivity index is 1.16. The van der Waals surface area contributed by atoms with E-state index in [-0.39, 0.29) is 11.4 Å². The number of hydrogen-bond acceptors (Lipinski definition) is 28. The number of amides is 2. The Labute approximate surface area is 416 Å². The van der Waals surface area contributed by atoms with Crippen LogP contribution in [0, 0.1) is 0 Å². The van der Waals surface area contributed by atoms with Crippen LogP contribution in [0.3, 0.4) is 0 Å². The Morgan fingerprint density at radius 1 is 0.649 bits per heavy atom. The minimum absolute atomic E-state index is 0.0178. The zero-order valence-electron chi connectivity index (χ0n) is 39.2. The number of fused-ring (bicyclic) bond motifs is 8. The van der Waals surface area contributed by atoms with Crippen LogP contribution in [0.5, 0.6) is 0 Å². The van der Waals surface area contributed by atoms with Gasteiger partial charge in [0, 0.05) is 26.7 Å². The maximum Gasteiger partial charge on any atom is 0.364 e. The normalized spacial score (nSPS) is 39.5. The highest BCUT2D eigenvalue weighted by molar-refractivity contribution is 5.77. The van der Waals surface area contributed by atoms with Crippen molar-refractivity contribution in [3.63, 3.8) is 0 Å². The Kier molecular flexibility index (Phi) is 18.0. The van der Waals surface area contributed by atoms with E-state index in [0.717, 1.165) is 23.2 Å². The zero-order chi connectivity index (χ0) is 54.1. The molecule has 16 N–H and O–H groups in total. The minimum Gasteiger partial charge on any atom is -0.477 e. The molecule has 7 heterocycles. The SMILES string of the molecule is CC(=O)N[C@H]1[C@H]([C@H](O)[C@H](O)CO)O[C@@](O[C@H]2[C@@H](O)[C@H]3Cn4cc(nn4)CO[C@@H]4O[C@H](Cn5cc(nn5)CO[C@H](O3)[C@@H]2O)[C@H](O)[C@H](O[C@]2(C(=O)O)C[C@H](O)[C@@H](NC(C)=O)[C@H]([C@H](O)[C@H](O)CO)O2)[C@H]4O)(C(=O)O)C[C@@H]1O. The Morgan fingerprint density at radius 3 is 1.34 bits per heavy atom. The van der Waals surface area contributed by atoms with Crippen LogP contribution >= 0.6 is 0 Å². The summed E-state index contributed by atoms with van der Waals surface area (Å²) in [6, 6.07) is -3.16. The minimum atomic E-state index is -3.05. The number of carboxylic acids is 2. The number of ether oxygens (including phenoxy) is 8. The van der Waals surface area contributed by atoms with Crippen molar-refractivity contribution in [3.05, 3.63) is 23.8 Å². The largest absolute Gasteiger partial charge is 0.477 e. The lowest BCUT2D eigenvalue weighted by Gasteiger charge is -2.50. The molecule has 4 saturated heterocycles. The Bertz CT molecular complexity index is 2110. The summed E-state index contributed by atoms with van der Waals surface area (Å²) in [6.07, 6.45) is -34.6. The van der Waals surface area contributed by atoms with Crippen LogP contribution in [0.25, 0.3) is 0 Å². The van der Waals surface area contributed by atoms with Crippen molar-refractivity contribution in [1.29, 1.82) is 0 Å². The molecule has 74 heavy (non-hydrogen) atoms.